The Morgan fingerprint density at radius 2 is 2.05 bits per heavy atom. The van der Waals surface area contributed by atoms with Crippen molar-refractivity contribution in [1.82, 2.24) is 20.1 Å². The number of rotatable bonds is 9. The van der Waals surface area contributed by atoms with Gasteiger partial charge in [-0.05, 0) is 12.8 Å². The Morgan fingerprint density at radius 1 is 1.24 bits per heavy atom. The molecule has 0 spiro atoms. The van der Waals surface area contributed by atoms with Crippen LogP contribution < -0.4 is 11.1 Å². The second kappa shape index (κ2) is 8.64. The number of aromatic nitrogens is 3. The normalized spacial score (nSPS) is 14.4. The van der Waals surface area contributed by atoms with Crippen LogP contribution in [0.25, 0.3) is 0 Å². The van der Waals surface area contributed by atoms with Gasteiger partial charge < -0.3 is 15.6 Å². The summed E-state index contributed by atoms with van der Waals surface area (Å²) >= 11 is 0. The standard InChI is InChI=1S/C15H28N6/c1-2-3-4-5-6-7-10-17-15(16)18-12-14-20-19-13-9-8-11-21(13)14/h2-12H2,1H3,(H3,16,17,18). The molecule has 0 aliphatic carbocycles. The number of unbranched alkanes of at least 4 members (excludes halogenated alkanes) is 5. The summed E-state index contributed by atoms with van der Waals surface area (Å²) in [6.07, 6.45) is 9.91. The van der Waals surface area contributed by atoms with Crippen molar-refractivity contribution >= 4 is 5.96 Å². The Morgan fingerprint density at radius 3 is 2.90 bits per heavy atom. The van der Waals surface area contributed by atoms with E-state index in [1.54, 1.807) is 0 Å². The fraction of sp³-hybridized carbons (Fsp3) is 0.800. The van der Waals surface area contributed by atoms with Crippen molar-refractivity contribution in [2.75, 3.05) is 6.54 Å². The van der Waals surface area contributed by atoms with Gasteiger partial charge in [0.05, 0.1) is 0 Å². The van der Waals surface area contributed by atoms with E-state index in [-0.39, 0.29) is 0 Å². The molecule has 118 valence electrons. The van der Waals surface area contributed by atoms with Crippen LogP contribution in [0.4, 0.5) is 0 Å². The second-order valence-electron chi connectivity index (χ2n) is 5.68. The molecule has 0 saturated heterocycles. The summed E-state index contributed by atoms with van der Waals surface area (Å²) in [6, 6.07) is 0. The molecule has 1 aromatic heterocycles. The average Bonchev–Trinajstić information content (AvgIpc) is 3.07. The molecule has 0 atom stereocenters. The summed E-state index contributed by atoms with van der Waals surface area (Å²) in [5, 5.41) is 11.5. The van der Waals surface area contributed by atoms with Gasteiger partial charge in [0.1, 0.15) is 12.4 Å². The summed E-state index contributed by atoms with van der Waals surface area (Å²) in [5.41, 5.74) is 5.88. The van der Waals surface area contributed by atoms with Crippen LogP contribution in [0, 0.1) is 0 Å². The van der Waals surface area contributed by atoms with Crippen LogP contribution in [-0.2, 0) is 19.5 Å². The predicted octanol–water partition coefficient (Wildman–Crippen LogP) is 1.99. The summed E-state index contributed by atoms with van der Waals surface area (Å²) in [7, 11) is 0. The summed E-state index contributed by atoms with van der Waals surface area (Å²) in [4.78, 5) is 4.35. The van der Waals surface area contributed by atoms with Gasteiger partial charge in [-0.1, -0.05) is 39.0 Å². The highest BCUT2D eigenvalue weighted by Crippen LogP contribution is 2.14. The van der Waals surface area contributed by atoms with E-state index < -0.39 is 0 Å². The minimum Gasteiger partial charge on any atom is -0.370 e. The fourth-order valence-corrected chi connectivity index (χ4v) is 2.66. The van der Waals surface area contributed by atoms with Crippen molar-refractivity contribution in [3.63, 3.8) is 0 Å². The van der Waals surface area contributed by atoms with Gasteiger partial charge >= 0.3 is 0 Å². The van der Waals surface area contributed by atoms with Gasteiger partial charge in [0.2, 0.25) is 0 Å². The maximum atomic E-state index is 5.88. The van der Waals surface area contributed by atoms with Gasteiger partial charge in [-0.15, -0.1) is 10.2 Å². The third-order valence-corrected chi connectivity index (χ3v) is 3.91. The molecule has 21 heavy (non-hydrogen) atoms. The number of aryl methyl sites for hydroxylation is 1. The van der Waals surface area contributed by atoms with Crippen molar-refractivity contribution in [3.05, 3.63) is 11.6 Å². The van der Waals surface area contributed by atoms with E-state index in [4.69, 9.17) is 5.73 Å². The number of fused-ring (bicyclic) bond motifs is 1. The van der Waals surface area contributed by atoms with Gasteiger partial charge in [0, 0.05) is 19.5 Å². The highest BCUT2D eigenvalue weighted by molar-refractivity contribution is 5.77. The molecular formula is C15H28N6. The average molecular weight is 292 g/mol. The Balaban J connectivity index is 1.61. The minimum absolute atomic E-state index is 0.513. The lowest BCUT2D eigenvalue weighted by Crippen LogP contribution is -2.32. The summed E-state index contributed by atoms with van der Waals surface area (Å²) in [6.45, 7) is 4.67. The first-order valence-electron chi connectivity index (χ1n) is 8.26. The lowest BCUT2D eigenvalue weighted by Gasteiger charge is -2.06. The Bertz CT molecular complexity index is 451. The van der Waals surface area contributed by atoms with E-state index in [1.165, 1.54) is 32.1 Å². The molecule has 0 fully saturated rings. The summed E-state index contributed by atoms with van der Waals surface area (Å²) in [5.74, 6) is 2.52. The van der Waals surface area contributed by atoms with E-state index in [0.717, 1.165) is 44.0 Å². The van der Waals surface area contributed by atoms with Crippen LogP contribution in [0.3, 0.4) is 0 Å². The van der Waals surface area contributed by atoms with Crippen LogP contribution in [0.5, 0.6) is 0 Å². The molecule has 6 heteroatoms. The Labute approximate surface area is 127 Å². The molecule has 2 heterocycles. The van der Waals surface area contributed by atoms with E-state index in [2.05, 4.69) is 32.0 Å². The number of aliphatic imine (C=N–C) groups is 1. The van der Waals surface area contributed by atoms with Gasteiger partial charge in [0.15, 0.2) is 11.8 Å². The number of nitrogens with zero attached hydrogens (tertiary/aromatic N) is 4. The topological polar surface area (TPSA) is 81.1 Å². The second-order valence-corrected chi connectivity index (χ2v) is 5.68. The molecule has 1 aliphatic heterocycles. The Kier molecular flexibility index (Phi) is 6.50. The van der Waals surface area contributed by atoms with Gasteiger partial charge in [0.25, 0.3) is 0 Å². The quantitative estimate of drug-likeness (QED) is 0.414. The third kappa shape index (κ3) is 5.02. The van der Waals surface area contributed by atoms with Gasteiger partial charge in [-0.3, -0.25) is 0 Å². The number of nitrogens with one attached hydrogen (secondary N) is 1. The number of guanidine groups is 1. The zero-order valence-corrected chi connectivity index (χ0v) is 13.1. The van der Waals surface area contributed by atoms with Crippen LogP contribution in [0.1, 0.15) is 63.5 Å². The molecule has 6 nitrogen and oxygen atoms in total. The largest absolute Gasteiger partial charge is 0.370 e. The smallest absolute Gasteiger partial charge is 0.189 e. The maximum absolute atomic E-state index is 5.88. The molecule has 0 unspecified atom stereocenters. The van der Waals surface area contributed by atoms with Crippen molar-refractivity contribution in [2.24, 2.45) is 10.7 Å². The van der Waals surface area contributed by atoms with E-state index in [1.807, 2.05) is 0 Å². The minimum atomic E-state index is 0.513. The predicted molar refractivity (Wildman–Crippen MR) is 85.0 cm³/mol. The molecule has 0 saturated carbocycles. The molecule has 1 aromatic rings. The SMILES string of the molecule is CCCCCCCCNC(N)=NCc1nnc2n1CCC2. The third-order valence-electron chi connectivity index (χ3n) is 3.91. The van der Waals surface area contributed by atoms with E-state index in [0.29, 0.717) is 12.5 Å². The fourth-order valence-electron chi connectivity index (χ4n) is 2.66. The van der Waals surface area contributed by atoms with E-state index >= 15 is 0 Å². The highest BCUT2D eigenvalue weighted by Gasteiger charge is 2.16. The zero-order chi connectivity index (χ0) is 14.9. The lowest BCUT2D eigenvalue weighted by atomic mass is 10.1. The van der Waals surface area contributed by atoms with Crippen LogP contribution in [0.2, 0.25) is 0 Å². The van der Waals surface area contributed by atoms with Crippen molar-refractivity contribution in [2.45, 2.75) is 71.4 Å². The maximum Gasteiger partial charge on any atom is 0.189 e. The van der Waals surface area contributed by atoms with Gasteiger partial charge in [-0.2, -0.15) is 0 Å². The van der Waals surface area contributed by atoms with Crippen LogP contribution >= 0.6 is 0 Å². The Hall–Kier alpha value is -1.59. The highest BCUT2D eigenvalue weighted by atomic mass is 15.3. The molecule has 0 bridgehead atoms. The number of hydrogen-bond donors (Lipinski definition) is 2. The van der Waals surface area contributed by atoms with Crippen LogP contribution in [0.15, 0.2) is 4.99 Å². The van der Waals surface area contributed by atoms with Gasteiger partial charge in [-0.25, -0.2) is 4.99 Å². The summed E-state index contributed by atoms with van der Waals surface area (Å²) < 4.78 is 2.16. The first kappa shape index (κ1) is 15.8. The van der Waals surface area contributed by atoms with Crippen molar-refractivity contribution in [1.29, 1.82) is 0 Å². The number of nitrogens with two attached hydrogens (primary N) is 1. The first-order valence-corrected chi connectivity index (χ1v) is 8.26. The molecule has 0 radical (unpaired) electrons. The molecule has 1 aliphatic rings. The molecule has 0 amide bonds. The molecule has 3 N–H and O–H groups in total. The molecular weight excluding hydrogens is 264 g/mol. The zero-order valence-electron chi connectivity index (χ0n) is 13.1. The monoisotopic (exact) mass is 292 g/mol. The number of hydrogen-bond acceptors (Lipinski definition) is 3. The van der Waals surface area contributed by atoms with Crippen molar-refractivity contribution in [3.8, 4) is 0 Å². The van der Waals surface area contributed by atoms with Crippen LogP contribution in [-0.4, -0.2) is 27.3 Å². The van der Waals surface area contributed by atoms with E-state index in [9.17, 15) is 0 Å². The lowest BCUT2D eigenvalue weighted by molar-refractivity contribution is 0.601. The molecule has 2 rings (SSSR count). The van der Waals surface area contributed by atoms with Crippen molar-refractivity contribution < 1.29 is 0 Å². The first-order chi connectivity index (χ1) is 10.3. The molecule has 0 aromatic carbocycles.